The van der Waals surface area contributed by atoms with Crippen molar-refractivity contribution in [2.24, 2.45) is 5.10 Å². The highest BCUT2D eigenvalue weighted by Gasteiger charge is 2.08. The summed E-state index contributed by atoms with van der Waals surface area (Å²) in [5, 5.41) is 14.5. The number of unbranched alkanes of at least 4 members (excludes halogenated alkanes) is 4. The molecular formula is C21H25N3O4. The molecule has 0 bridgehead atoms. The molecule has 0 spiro atoms. The summed E-state index contributed by atoms with van der Waals surface area (Å²) in [7, 11) is 0. The maximum Gasteiger partial charge on any atom is 0.271 e. The maximum atomic E-state index is 12.0. The topological polar surface area (TPSA) is 93.8 Å². The summed E-state index contributed by atoms with van der Waals surface area (Å²) in [5.74, 6) is 0.372. The second kappa shape index (κ2) is 11.5. The molecule has 0 saturated heterocycles. The third-order valence-electron chi connectivity index (χ3n) is 4.12. The molecule has 2 aromatic rings. The standard InChI is InChI=1S/C21H25N3O4/c1-2-3-4-5-6-15-28-20-13-7-17(8-14-20)16-22-23-21(25)18-9-11-19(12-10-18)24(26)27/h7-14,16H,2-6,15H2,1H3,(H,23,25)/b22-16-. The van der Waals surface area contributed by atoms with Gasteiger partial charge < -0.3 is 4.74 Å². The number of nitro benzene ring substituents is 1. The minimum absolute atomic E-state index is 0.0664. The smallest absolute Gasteiger partial charge is 0.271 e. The van der Waals surface area contributed by atoms with Crippen molar-refractivity contribution in [1.29, 1.82) is 0 Å². The summed E-state index contributed by atoms with van der Waals surface area (Å²) in [6.07, 6.45) is 7.52. The molecule has 7 nitrogen and oxygen atoms in total. The van der Waals surface area contributed by atoms with Gasteiger partial charge in [0.05, 0.1) is 17.7 Å². The average Bonchev–Trinajstić information content (AvgIpc) is 2.71. The average molecular weight is 383 g/mol. The zero-order valence-corrected chi connectivity index (χ0v) is 16.0. The number of nitrogens with zero attached hydrogens (tertiary/aromatic N) is 2. The van der Waals surface area contributed by atoms with Gasteiger partial charge in [-0.25, -0.2) is 5.43 Å². The second-order valence-corrected chi connectivity index (χ2v) is 6.33. The van der Waals surface area contributed by atoms with Gasteiger partial charge in [-0.05, 0) is 48.4 Å². The Bertz CT molecular complexity index is 786. The lowest BCUT2D eigenvalue weighted by Crippen LogP contribution is -2.17. The molecule has 0 saturated carbocycles. The van der Waals surface area contributed by atoms with Crippen molar-refractivity contribution in [3.05, 3.63) is 69.8 Å². The van der Waals surface area contributed by atoms with Crippen LogP contribution in [0.15, 0.2) is 53.6 Å². The van der Waals surface area contributed by atoms with E-state index < -0.39 is 10.8 Å². The van der Waals surface area contributed by atoms with Crippen molar-refractivity contribution in [1.82, 2.24) is 5.43 Å². The number of carbonyl (C=O) groups excluding carboxylic acids is 1. The van der Waals surface area contributed by atoms with Gasteiger partial charge in [-0.15, -0.1) is 0 Å². The summed E-state index contributed by atoms with van der Waals surface area (Å²) in [6, 6.07) is 12.8. The summed E-state index contributed by atoms with van der Waals surface area (Å²) in [6.45, 7) is 2.91. The number of ether oxygens (including phenoxy) is 1. The quantitative estimate of drug-likeness (QED) is 0.263. The Hall–Kier alpha value is -3.22. The van der Waals surface area contributed by atoms with Crippen molar-refractivity contribution >= 4 is 17.8 Å². The Morgan fingerprint density at radius 1 is 1.07 bits per heavy atom. The predicted octanol–water partition coefficient (Wildman–Crippen LogP) is 4.71. The number of amides is 1. The molecule has 0 aliphatic heterocycles. The summed E-state index contributed by atoms with van der Waals surface area (Å²) >= 11 is 0. The molecule has 1 amide bonds. The van der Waals surface area contributed by atoms with E-state index in [-0.39, 0.29) is 5.69 Å². The van der Waals surface area contributed by atoms with E-state index in [1.54, 1.807) is 0 Å². The molecule has 0 aliphatic carbocycles. The van der Waals surface area contributed by atoms with Gasteiger partial charge in [-0.2, -0.15) is 5.10 Å². The lowest BCUT2D eigenvalue weighted by atomic mass is 10.2. The van der Waals surface area contributed by atoms with Gasteiger partial charge in [0.1, 0.15) is 5.75 Å². The molecule has 148 valence electrons. The highest BCUT2D eigenvalue weighted by molar-refractivity contribution is 5.95. The number of non-ortho nitro benzene ring substituents is 1. The molecule has 2 aromatic carbocycles. The maximum absolute atomic E-state index is 12.0. The highest BCUT2D eigenvalue weighted by atomic mass is 16.6. The van der Waals surface area contributed by atoms with Gasteiger partial charge in [-0.1, -0.05) is 32.6 Å². The van der Waals surface area contributed by atoms with Crippen molar-refractivity contribution < 1.29 is 14.5 Å². The van der Waals surface area contributed by atoms with E-state index in [0.29, 0.717) is 12.2 Å². The number of nitro groups is 1. The minimum Gasteiger partial charge on any atom is -0.494 e. The molecule has 28 heavy (non-hydrogen) atoms. The lowest BCUT2D eigenvalue weighted by molar-refractivity contribution is -0.384. The molecule has 0 aliphatic rings. The van der Waals surface area contributed by atoms with Gasteiger partial charge in [0, 0.05) is 17.7 Å². The highest BCUT2D eigenvalue weighted by Crippen LogP contribution is 2.13. The van der Waals surface area contributed by atoms with E-state index in [1.807, 2.05) is 24.3 Å². The van der Waals surface area contributed by atoms with Crippen LogP contribution in [0.25, 0.3) is 0 Å². The molecule has 2 rings (SSSR count). The molecule has 0 radical (unpaired) electrons. The first kappa shape index (κ1) is 21.1. The van der Waals surface area contributed by atoms with Gasteiger partial charge in [0.2, 0.25) is 0 Å². The number of nitrogens with one attached hydrogen (secondary N) is 1. The normalized spacial score (nSPS) is 10.8. The van der Waals surface area contributed by atoms with Gasteiger partial charge in [-0.3, -0.25) is 14.9 Å². The van der Waals surface area contributed by atoms with Crippen LogP contribution in [-0.2, 0) is 0 Å². The van der Waals surface area contributed by atoms with E-state index in [4.69, 9.17) is 4.74 Å². The largest absolute Gasteiger partial charge is 0.494 e. The molecule has 0 heterocycles. The van der Waals surface area contributed by atoms with Crippen LogP contribution in [0, 0.1) is 10.1 Å². The fraction of sp³-hybridized carbons (Fsp3) is 0.333. The Morgan fingerprint density at radius 2 is 1.75 bits per heavy atom. The number of hydrazone groups is 1. The predicted molar refractivity (Wildman–Crippen MR) is 109 cm³/mol. The first-order valence-electron chi connectivity index (χ1n) is 9.41. The van der Waals surface area contributed by atoms with Gasteiger partial charge in [0.25, 0.3) is 11.6 Å². The molecule has 1 N–H and O–H groups in total. The van der Waals surface area contributed by atoms with Gasteiger partial charge >= 0.3 is 0 Å². The van der Waals surface area contributed by atoms with Crippen LogP contribution in [0.2, 0.25) is 0 Å². The Labute approximate surface area is 164 Å². The van der Waals surface area contributed by atoms with Crippen molar-refractivity contribution in [2.45, 2.75) is 39.0 Å². The lowest BCUT2D eigenvalue weighted by Gasteiger charge is -2.06. The molecule has 7 heteroatoms. The monoisotopic (exact) mass is 383 g/mol. The zero-order chi connectivity index (χ0) is 20.2. The van der Waals surface area contributed by atoms with Crippen LogP contribution in [0.5, 0.6) is 5.75 Å². The van der Waals surface area contributed by atoms with Crippen LogP contribution < -0.4 is 10.2 Å². The van der Waals surface area contributed by atoms with Crippen molar-refractivity contribution in [2.75, 3.05) is 6.61 Å². The Morgan fingerprint density at radius 3 is 2.39 bits per heavy atom. The molecule has 0 unspecified atom stereocenters. The van der Waals surface area contributed by atoms with E-state index in [9.17, 15) is 14.9 Å². The molecule has 0 fully saturated rings. The van der Waals surface area contributed by atoms with E-state index >= 15 is 0 Å². The second-order valence-electron chi connectivity index (χ2n) is 6.33. The number of hydrogen-bond donors (Lipinski definition) is 1. The third kappa shape index (κ3) is 7.19. The first-order chi connectivity index (χ1) is 13.6. The molecule has 0 atom stereocenters. The SMILES string of the molecule is CCCCCCCOc1ccc(/C=N\NC(=O)c2ccc([N+](=O)[O-])cc2)cc1. The Balaban J connectivity index is 1.76. The van der Waals surface area contributed by atoms with Crippen LogP contribution in [0.3, 0.4) is 0 Å². The number of benzene rings is 2. The minimum atomic E-state index is -0.514. The van der Waals surface area contributed by atoms with Crippen molar-refractivity contribution in [3.63, 3.8) is 0 Å². The zero-order valence-electron chi connectivity index (χ0n) is 16.0. The summed E-state index contributed by atoms with van der Waals surface area (Å²) < 4.78 is 5.71. The Kier molecular flexibility index (Phi) is 8.65. The summed E-state index contributed by atoms with van der Waals surface area (Å²) in [5.41, 5.74) is 3.45. The molecular weight excluding hydrogens is 358 g/mol. The number of hydrogen-bond acceptors (Lipinski definition) is 5. The van der Waals surface area contributed by atoms with Crippen LogP contribution in [0.4, 0.5) is 5.69 Å². The van der Waals surface area contributed by atoms with Crippen LogP contribution >= 0.6 is 0 Å². The number of rotatable bonds is 11. The van der Waals surface area contributed by atoms with E-state index in [2.05, 4.69) is 17.5 Å². The van der Waals surface area contributed by atoms with Crippen LogP contribution in [0.1, 0.15) is 54.9 Å². The van der Waals surface area contributed by atoms with Gasteiger partial charge in [0.15, 0.2) is 0 Å². The first-order valence-corrected chi connectivity index (χ1v) is 9.41. The number of carbonyl (C=O) groups is 1. The summed E-state index contributed by atoms with van der Waals surface area (Å²) in [4.78, 5) is 22.1. The molecule has 0 aromatic heterocycles. The fourth-order valence-corrected chi connectivity index (χ4v) is 2.51. The fourth-order valence-electron chi connectivity index (χ4n) is 2.51. The third-order valence-corrected chi connectivity index (χ3v) is 4.12. The van der Waals surface area contributed by atoms with E-state index in [1.165, 1.54) is 56.2 Å². The van der Waals surface area contributed by atoms with Crippen molar-refractivity contribution in [3.8, 4) is 5.75 Å². The van der Waals surface area contributed by atoms with Crippen LogP contribution in [-0.4, -0.2) is 23.7 Å². The van der Waals surface area contributed by atoms with E-state index in [0.717, 1.165) is 17.7 Å².